The lowest BCUT2D eigenvalue weighted by atomic mass is 9.98. The summed E-state index contributed by atoms with van der Waals surface area (Å²) in [5.74, 6) is -1.10. The van der Waals surface area contributed by atoms with E-state index in [0.717, 1.165) is 22.3 Å². The number of hydrogen-bond acceptors (Lipinski definition) is 5. The molecule has 1 unspecified atom stereocenters. The van der Waals surface area contributed by atoms with Crippen molar-refractivity contribution in [3.05, 3.63) is 59.7 Å². The average Bonchev–Trinajstić information content (AvgIpc) is 3.30. The molecule has 35 heavy (non-hydrogen) atoms. The zero-order valence-corrected chi connectivity index (χ0v) is 21.3. The van der Waals surface area contributed by atoms with Gasteiger partial charge in [-0.15, -0.1) is 11.8 Å². The van der Waals surface area contributed by atoms with E-state index in [9.17, 15) is 19.5 Å². The number of carbonyl (C=O) groups is 3. The SMILES string of the molecule is CC(C)C[C@@H](NC(=O)OCC1c2ccccc2-c2ccccc21)C(=O)N1C(C(=O)O)CSC1(C)C. The number of carbonyl (C=O) groups excluding carboxylic acids is 2. The van der Waals surface area contributed by atoms with Gasteiger partial charge < -0.3 is 20.1 Å². The topological polar surface area (TPSA) is 95.9 Å². The van der Waals surface area contributed by atoms with Crippen molar-refractivity contribution in [2.24, 2.45) is 5.92 Å². The molecule has 0 aromatic heterocycles. The first-order chi connectivity index (χ1) is 16.6. The maximum atomic E-state index is 13.5. The molecule has 7 nitrogen and oxygen atoms in total. The number of carboxylic acid groups (broad SMARTS) is 1. The summed E-state index contributed by atoms with van der Waals surface area (Å²) >= 11 is 1.42. The van der Waals surface area contributed by atoms with Crippen LogP contribution in [-0.4, -0.2) is 57.3 Å². The van der Waals surface area contributed by atoms with Gasteiger partial charge >= 0.3 is 12.1 Å². The van der Waals surface area contributed by atoms with Crippen molar-refractivity contribution in [2.75, 3.05) is 12.4 Å². The van der Waals surface area contributed by atoms with E-state index in [2.05, 4.69) is 17.4 Å². The average molecular weight is 497 g/mol. The molecular weight excluding hydrogens is 464 g/mol. The van der Waals surface area contributed by atoms with E-state index in [4.69, 9.17) is 4.74 Å². The summed E-state index contributed by atoms with van der Waals surface area (Å²) in [5.41, 5.74) is 4.49. The molecule has 8 heteroatoms. The number of hydrogen-bond donors (Lipinski definition) is 2. The molecule has 4 rings (SSSR count). The largest absolute Gasteiger partial charge is 0.480 e. The van der Waals surface area contributed by atoms with Crippen LogP contribution in [0.15, 0.2) is 48.5 Å². The highest BCUT2D eigenvalue weighted by atomic mass is 32.2. The fourth-order valence-electron chi connectivity index (χ4n) is 5.05. The van der Waals surface area contributed by atoms with Crippen LogP contribution >= 0.6 is 11.8 Å². The molecule has 0 radical (unpaired) electrons. The molecule has 1 aliphatic carbocycles. The standard InChI is InChI=1S/C27H32N2O5S/c1-16(2)13-22(24(30)29-23(25(31)32)15-35-27(29,3)4)28-26(33)34-14-21-19-11-7-5-9-17(19)18-10-6-8-12-20(18)21/h5-12,16,21-23H,13-15H2,1-4H3,(H,28,33)(H,31,32)/t22-,23?/m1/s1. The second-order valence-electron chi connectivity index (χ2n) is 9.97. The minimum atomic E-state index is -1.04. The Balaban J connectivity index is 1.48. The lowest BCUT2D eigenvalue weighted by molar-refractivity contribution is -0.151. The van der Waals surface area contributed by atoms with E-state index < -0.39 is 34.9 Å². The van der Waals surface area contributed by atoms with Crippen molar-refractivity contribution in [3.63, 3.8) is 0 Å². The molecular formula is C27H32N2O5S. The van der Waals surface area contributed by atoms with Gasteiger partial charge in [-0.05, 0) is 48.4 Å². The van der Waals surface area contributed by atoms with Crippen LogP contribution in [0.1, 0.15) is 51.2 Å². The van der Waals surface area contributed by atoms with Gasteiger partial charge in [0, 0.05) is 11.7 Å². The first-order valence-electron chi connectivity index (χ1n) is 11.9. The summed E-state index contributed by atoms with van der Waals surface area (Å²) in [4.78, 5) is 38.9. The molecule has 0 saturated carbocycles. The minimum Gasteiger partial charge on any atom is -0.480 e. The smallest absolute Gasteiger partial charge is 0.407 e. The summed E-state index contributed by atoms with van der Waals surface area (Å²) in [7, 11) is 0. The molecule has 1 heterocycles. The van der Waals surface area contributed by atoms with E-state index in [1.807, 2.05) is 64.1 Å². The van der Waals surface area contributed by atoms with Gasteiger partial charge in [-0.3, -0.25) is 4.79 Å². The third kappa shape index (κ3) is 5.03. The number of fused-ring (bicyclic) bond motifs is 3. The Morgan fingerprint density at radius 3 is 2.20 bits per heavy atom. The van der Waals surface area contributed by atoms with Crippen molar-refractivity contribution >= 4 is 29.7 Å². The molecule has 2 aromatic carbocycles. The molecule has 2 atom stereocenters. The van der Waals surface area contributed by atoms with E-state index in [-0.39, 0.29) is 18.4 Å². The second-order valence-corrected chi connectivity index (χ2v) is 11.6. The Morgan fingerprint density at radius 2 is 1.66 bits per heavy atom. The number of nitrogens with zero attached hydrogens (tertiary/aromatic N) is 1. The van der Waals surface area contributed by atoms with Gasteiger partial charge in [0.15, 0.2) is 0 Å². The van der Waals surface area contributed by atoms with E-state index in [0.29, 0.717) is 12.2 Å². The van der Waals surface area contributed by atoms with Crippen molar-refractivity contribution in [3.8, 4) is 11.1 Å². The lowest BCUT2D eigenvalue weighted by Gasteiger charge is -2.36. The van der Waals surface area contributed by atoms with Gasteiger partial charge in [0.1, 0.15) is 18.7 Å². The highest BCUT2D eigenvalue weighted by Gasteiger charge is 2.48. The Hall–Kier alpha value is -3.00. The predicted molar refractivity (Wildman–Crippen MR) is 136 cm³/mol. The number of rotatable bonds is 7. The molecule has 0 bridgehead atoms. The summed E-state index contributed by atoms with van der Waals surface area (Å²) in [5, 5.41) is 12.4. The summed E-state index contributed by atoms with van der Waals surface area (Å²) < 4.78 is 5.65. The lowest BCUT2D eigenvalue weighted by Crippen LogP contribution is -2.57. The Morgan fingerprint density at radius 1 is 1.09 bits per heavy atom. The molecule has 1 fully saturated rings. The van der Waals surface area contributed by atoms with Gasteiger partial charge in [0.25, 0.3) is 0 Å². The van der Waals surface area contributed by atoms with E-state index in [1.54, 1.807) is 0 Å². The molecule has 2 aliphatic rings. The molecule has 2 aromatic rings. The first-order valence-corrected chi connectivity index (χ1v) is 12.9. The second kappa shape index (κ2) is 9.93. The minimum absolute atomic E-state index is 0.0855. The van der Waals surface area contributed by atoms with Gasteiger partial charge in [0.05, 0.1) is 4.87 Å². The summed E-state index contributed by atoms with van der Waals surface area (Å²) in [6.45, 7) is 7.72. The van der Waals surface area contributed by atoms with Crippen LogP contribution < -0.4 is 5.32 Å². The number of amides is 2. The third-order valence-corrected chi connectivity index (χ3v) is 8.04. The molecule has 1 saturated heterocycles. The van der Waals surface area contributed by atoms with Crippen LogP contribution in [0.2, 0.25) is 0 Å². The highest BCUT2D eigenvalue weighted by molar-refractivity contribution is 8.00. The van der Waals surface area contributed by atoms with Crippen LogP contribution in [0.4, 0.5) is 4.79 Å². The highest BCUT2D eigenvalue weighted by Crippen LogP contribution is 2.44. The molecule has 2 N–H and O–H groups in total. The first kappa shape index (κ1) is 25.1. The third-order valence-electron chi connectivity index (χ3n) is 6.65. The number of benzene rings is 2. The van der Waals surface area contributed by atoms with Gasteiger partial charge in [-0.2, -0.15) is 0 Å². The Labute approximate surface area is 210 Å². The molecule has 186 valence electrons. The number of thioether (sulfide) groups is 1. The monoisotopic (exact) mass is 496 g/mol. The molecule has 0 spiro atoms. The Kier molecular flexibility index (Phi) is 7.12. The fraction of sp³-hybridized carbons (Fsp3) is 0.444. The van der Waals surface area contributed by atoms with Crippen molar-refractivity contribution < 1.29 is 24.2 Å². The number of alkyl carbamates (subject to hydrolysis) is 1. The van der Waals surface area contributed by atoms with Crippen LogP contribution in [0.3, 0.4) is 0 Å². The quantitative estimate of drug-likeness (QED) is 0.577. The molecule has 1 aliphatic heterocycles. The summed E-state index contributed by atoms with van der Waals surface area (Å²) in [6.07, 6.45) is -0.297. The Bertz CT molecular complexity index is 1090. The van der Waals surface area contributed by atoms with Crippen molar-refractivity contribution in [2.45, 2.75) is 57.0 Å². The number of nitrogens with one attached hydrogen (secondary N) is 1. The number of aliphatic carboxylic acids is 1. The van der Waals surface area contributed by atoms with Crippen LogP contribution in [0, 0.1) is 5.92 Å². The summed E-state index contributed by atoms with van der Waals surface area (Å²) in [6, 6.07) is 14.4. The van der Waals surface area contributed by atoms with E-state index in [1.165, 1.54) is 16.7 Å². The van der Waals surface area contributed by atoms with Crippen LogP contribution in [0.25, 0.3) is 11.1 Å². The van der Waals surface area contributed by atoms with E-state index >= 15 is 0 Å². The van der Waals surface area contributed by atoms with Crippen molar-refractivity contribution in [1.82, 2.24) is 10.2 Å². The predicted octanol–water partition coefficient (Wildman–Crippen LogP) is 4.70. The maximum absolute atomic E-state index is 13.5. The van der Waals surface area contributed by atoms with Crippen LogP contribution in [-0.2, 0) is 14.3 Å². The van der Waals surface area contributed by atoms with Crippen LogP contribution in [0.5, 0.6) is 0 Å². The maximum Gasteiger partial charge on any atom is 0.407 e. The zero-order valence-electron chi connectivity index (χ0n) is 20.5. The zero-order chi connectivity index (χ0) is 25.3. The normalized spacial score (nSPS) is 19.2. The van der Waals surface area contributed by atoms with Gasteiger partial charge in [0.2, 0.25) is 5.91 Å². The van der Waals surface area contributed by atoms with Crippen molar-refractivity contribution in [1.29, 1.82) is 0 Å². The molecule has 2 amide bonds. The number of carboxylic acids is 1. The number of ether oxygens (including phenoxy) is 1. The fourth-order valence-corrected chi connectivity index (χ4v) is 6.26. The van der Waals surface area contributed by atoms with Gasteiger partial charge in [-0.1, -0.05) is 62.4 Å². The van der Waals surface area contributed by atoms with Gasteiger partial charge in [-0.25, -0.2) is 9.59 Å².